The van der Waals surface area contributed by atoms with Crippen molar-refractivity contribution in [3.63, 3.8) is 0 Å². The summed E-state index contributed by atoms with van der Waals surface area (Å²) in [7, 11) is 0. The number of rotatable bonds is 4. The summed E-state index contributed by atoms with van der Waals surface area (Å²) in [4.78, 5) is 13.0. The van der Waals surface area contributed by atoms with E-state index in [-0.39, 0.29) is 6.42 Å². The van der Waals surface area contributed by atoms with Gasteiger partial charge < -0.3 is 5.11 Å². The molecule has 1 fully saturated rings. The summed E-state index contributed by atoms with van der Waals surface area (Å²) in [5.74, 6) is -0.804. The van der Waals surface area contributed by atoms with Gasteiger partial charge in [0.1, 0.15) is 0 Å². The Hall–Kier alpha value is -1.36. The molecule has 1 aliphatic heterocycles. The fraction of sp³-hybridized carbons (Fsp3) is 0.636. The van der Waals surface area contributed by atoms with E-state index in [4.69, 9.17) is 5.11 Å². The van der Waals surface area contributed by atoms with Crippen LogP contribution in [0.1, 0.15) is 25.6 Å². The van der Waals surface area contributed by atoms with Gasteiger partial charge in [-0.1, -0.05) is 0 Å². The van der Waals surface area contributed by atoms with E-state index in [0.29, 0.717) is 12.1 Å². The Morgan fingerprint density at radius 1 is 1.62 bits per heavy atom. The molecule has 0 aromatic carbocycles. The second-order valence-corrected chi connectivity index (χ2v) is 4.54. The summed E-state index contributed by atoms with van der Waals surface area (Å²) in [5, 5.41) is 13.0. The quantitative estimate of drug-likeness (QED) is 0.819. The lowest BCUT2D eigenvalue weighted by Gasteiger charge is -2.42. The number of carboxylic acid groups (broad SMARTS) is 1. The zero-order valence-corrected chi connectivity index (χ0v) is 9.63. The van der Waals surface area contributed by atoms with E-state index >= 15 is 0 Å². The van der Waals surface area contributed by atoms with Crippen molar-refractivity contribution in [1.82, 2.24) is 14.7 Å². The normalized spacial score (nSPS) is 17.7. The van der Waals surface area contributed by atoms with Gasteiger partial charge in [-0.15, -0.1) is 0 Å². The maximum atomic E-state index is 10.7. The number of hydrogen-bond acceptors (Lipinski definition) is 3. The molecule has 5 nitrogen and oxygen atoms in total. The smallest absolute Gasteiger partial charge is 0.309 e. The van der Waals surface area contributed by atoms with Gasteiger partial charge in [0.15, 0.2) is 0 Å². The Kier molecular flexibility index (Phi) is 2.96. The van der Waals surface area contributed by atoms with E-state index in [1.807, 2.05) is 4.68 Å². The summed E-state index contributed by atoms with van der Waals surface area (Å²) < 4.78 is 1.85. The Balaban J connectivity index is 2.01. The monoisotopic (exact) mass is 223 g/mol. The van der Waals surface area contributed by atoms with Gasteiger partial charge in [-0.2, -0.15) is 5.10 Å². The minimum Gasteiger partial charge on any atom is -0.481 e. The van der Waals surface area contributed by atoms with Crippen molar-refractivity contribution in [3.05, 3.63) is 18.0 Å². The van der Waals surface area contributed by atoms with E-state index < -0.39 is 5.97 Å². The molecule has 1 saturated heterocycles. The lowest BCUT2D eigenvalue weighted by molar-refractivity contribution is -0.136. The SMILES string of the molecule is CC(C)N1CC(n2nccc2CC(=O)O)C1. The van der Waals surface area contributed by atoms with Crippen molar-refractivity contribution in [2.24, 2.45) is 0 Å². The van der Waals surface area contributed by atoms with Gasteiger partial charge in [0.05, 0.1) is 12.5 Å². The predicted molar refractivity (Wildman–Crippen MR) is 59.3 cm³/mol. The third-order valence-electron chi connectivity index (χ3n) is 3.05. The van der Waals surface area contributed by atoms with Crippen LogP contribution < -0.4 is 0 Å². The molecule has 1 N–H and O–H groups in total. The molecule has 1 aromatic rings. The topological polar surface area (TPSA) is 58.4 Å². The maximum absolute atomic E-state index is 10.7. The molecule has 88 valence electrons. The first-order chi connectivity index (χ1) is 7.58. The standard InChI is InChI=1S/C11H17N3O2/c1-8(2)13-6-10(7-13)14-9(3-4-12-14)5-11(15)16/h3-4,8,10H,5-7H2,1-2H3,(H,15,16). The largest absolute Gasteiger partial charge is 0.481 e. The predicted octanol–water partition coefficient (Wildman–Crippen LogP) is 0.775. The Bertz CT molecular complexity index is 380. The summed E-state index contributed by atoms with van der Waals surface area (Å²) >= 11 is 0. The lowest BCUT2D eigenvalue weighted by atomic mass is 10.1. The van der Waals surface area contributed by atoms with Crippen molar-refractivity contribution < 1.29 is 9.90 Å². The van der Waals surface area contributed by atoms with Gasteiger partial charge >= 0.3 is 5.97 Å². The van der Waals surface area contributed by atoms with Gasteiger partial charge in [-0.25, -0.2) is 0 Å². The zero-order valence-electron chi connectivity index (χ0n) is 9.63. The molecule has 0 bridgehead atoms. The second-order valence-electron chi connectivity index (χ2n) is 4.54. The van der Waals surface area contributed by atoms with E-state index in [0.717, 1.165) is 18.8 Å². The molecule has 0 atom stereocenters. The molecule has 5 heteroatoms. The highest BCUT2D eigenvalue weighted by molar-refractivity contribution is 5.69. The van der Waals surface area contributed by atoms with Crippen LogP contribution in [0, 0.1) is 0 Å². The highest BCUT2D eigenvalue weighted by Gasteiger charge is 2.31. The van der Waals surface area contributed by atoms with Gasteiger partial charge in [-0.05, 0) is 19.9 Å². The zero-order chi connectivity index (χ0) is 11.7. The van der Waals surface area contributed by atoms with Gasteiger partial charge in [-0.3, -0.25) is 14.4 Å². The summed E-state index contributed by atoms with van der Waals surface area (Å²) in [6, 6.07) is 2.67. The maximum Gasteiger partial charge on any atom is 0.309 e. The number of carbonyl (C=O) groups is 1. The number of carboxylic acids is 1. The molecule has 16 heavy (non-hydrogen) atoms. The van der Waals surface area contributed by atoms with E-state index in [9.17, 15) is 4.79 Å². The molecule has 0 radical (unpaired) electrons. The first-order valence-electron chi connectivity index (χ1n) is 5.56. The van der Waals surface area contributed by atoms with E-state index in [1.54, 1.807) is 12.3 Å². The van der Waals surface area contributed by atoms with E-state index in [2.05, 4.69) is 23.8 Å². The highest BCUT2D eigenvalue weighted by atomic mass is 16.4. The molecule has 0 amide bonds. The van der Waals surface area contributed by atoms with Crippen molar-refractivity contribution in [2.45, 2.75) is 32.4 Å². The van der Waals surface area contributed by atoms with Gasteiger partial charge in [0.25, 0.3) is 0 Å². The number of nitrogens with zero attached hydrogens (tertiary/aromatic N) is 3. The third kappa shape index (κ3) is 2.09. The fourth-order valence-corrected chi connectivity index (χ4v) is 2.03. The first kappa shape index (κ1) is 11.1. The van der Waals surface area contributed by atoms with Crippen LogP contribution in [0.5, 0.6) is 0 Å². The highest BCUT2D eigenvalue weighted by Crippen LogP contribution is 2.24. The van der Waals surface area contributed by atoms with Gasteiger partial charge in [0, 0.05) is 31.0 Å². The Morgan fingerprint density at radius 3 is 2.88 bits per heavy atom. The van der Waals surface area contributed by atoms with Crippen LogP contribution in [0.3, 0.4) is 0 Å². The average Bonchev–Trinajstić information content (AvgIpc) is 2.48. The van der Waals surface area contributed by atoms with Crippen molar-refractivity contribution in [2.75, 3.05) is 13.1 Å². The van der Waals surface area contributed by atoms with Crippen LogP contribution in [-0.4, -0.2) is 44.9 Å². The lowest BCUT2D eigenvalue weighted by Crippen LogP contribution is -2.51. The second kappa shape index (κ2) is 4.25. The Morgan fingerprint density at radius 2 is 2.31 bits per heavy atom. The molecule has 2 heterocycles. The Labute approximate surface area is 94.7 Å². The van der Waals surface area contributed by atoms with Crippen LogP contribution in [0.2, 0.25) is 0 Å². The molecule has 0 unspecified atom stereocenters. The summed E-state index contributed by atoms with van der Waals surface area (Å²) in [5.41, 5.74) is 0.793. The molecule has 1 aliphatic rings. The van der Waals surface area contributed by atoms with Crippen LogP contribution >= 0.6 is 0 Å². The molecular weight excluding hydrogens is 206 g/mol. The minimum absolute atomic E-state index is 0.0537. The van der Waals surface area contributed by atoms with Gasteiger partial charge in [0.2, 0.25) is 0 Å². The van der Waals surface area contributed by atoms with Crippen molar-refractivity contribution in [3.8, 4) is 0 Å². The minimum atomic E-state index is -0.804. The molecule has 0 aliphatic carbocycles. The number of aliphatic carboxylic acids is 1. The first-order valence-corrected chi connectivity index (χ1v) is 5.56. The van der Waals surface area contributed by atoms with Crippen molar-refractivity contribution >= 4 is 5.97 Å². The molecule has 1 aromatic heterocycles. The summed E-state index contributed by atoms with van der Waals surface area (Å²) in [6.45, 7) is 6.26. The van der Waals surface area contributed by atoms with Crippen molar-refractivity contribution in [1.29, 1.82) is 0 Å². The van der Waals surface area contributed by atoms with Crippen LogP contribution in [0.4, 0.5) is 0 Å². The fourth-order valence-electron chi connectivity index (χ4n) is 2.03. The number of likely N-dealkylation sites (tertiary alicyclic amines) is 1. The molecule has 0 saturated carbocycles. The number of aromatic nitrogens is 2. The molecule has 0 spiro atoms. The number of hydrogen-bond donors (Lipinski definition) is 1. The average molecular weight is 223 g/mol. The molecular formula is C11H17N3O2. The van der Waals surface area contributed by atoms with Crippen LogP contribution in [0.15, 0.2) is 12.3 Å². The third-order valence-corrected chi connectivity index (χ3v) is 3.05. The van der Waals surface area contributed by atoms with Crippen LogP contribution in [0.25, 0.3) is 0 Å². The van der Waals surface area contributed by atoms with E-state index in [1.165, 1.54) is 0 Å². The van der Waals surface area contributed by atoms with Crippen LogP contribution in [-0.2, 0) is 11.2 Å². The summed E-state index contributed by atoms with van der Waals surface area (Å²) in [6.07, 6.45) is 1.73. The molecule has 2 rings (SSSR count).